The van der Waals surface area contributed by atoms with Gasteiger partial charge in [0.1, 0.15) is 18.4 Å². The maximum Gasteiger partial charge on any atom is 0.323 e. The summed E-state index contributed by atoms with van der Waals surface area (Å²) in [6, 6.07) is 11.9. The van der Waals surface area contributed by atoms with E-state index in [0.717, 1.165) is 26.0 Å². The van der Waals surface area contributed by atoms with E-state index in [1.54, 1.807) is 0 Å². The molecule has 0 aliphatic carbocycles. The molecule has 33 heavy (non-hydrogen) atoms. The predicted molar refractivity (Wildman–Crippen MR) is 123 cm³/mol. The molecular formula is C22H28N2O7S2. The molecule has 1 aliphatic rings. The fourth-order valence-corrected chi connectivity index (χ4v) is 7.22. The van der Waals surface area contributed by atoms with Crippen molar-refractivity contribution in [3.8, 4) is 5.75 Å². The Kier molecular flexibility index (Phi) is 6.90. The van der Waals surface area contributed by atoms with Gasteiger partial charge in [0.05, 0.1) is 16.7 Å². The van der Waals surface area contributed by atoms with E-state index in [1.807, 2.05) is 31.2 Å². The lowest BCUT2D eigenvalue weighted by atomic mass is 9.92. The van der Waals surface area contributed by atoms with Crippen molar-refractivity contribution in [2.75, 3.05) is 19.3 Å². The molecule has 1 atom stereocenters. The Morgan fingerprint density at radius 1 is 1.06 bits per heavy atom. The Morgan fingerprint density at radius 3 is 2.21 bits per heavy atom. The predicted octanol–water partition coefficient (Wildman–Crippen LogP) is 2.07. The van der Waals surface area contributed by atoms with E-state index < -0.39 is 37.6 Å². The van der Waals surface area contributed by atoms with Gasteiger partial charge in [-0.2, -0.15) is 8.61 Å². The number of benzene rings is 2. The van der Waals surface area contributed by atoms with Gasteiger partial charge < -0.3 is 9.84 Å². The molecule has 0 spiro atoms. The summed E-state index contributed by atoms with van der Waals surface area (Å²) < 4.78 is 58.7. The second-order valence-electron chi connectivity index (χ2n) is 8.53. The number of hydrogen-bond acceptors (Lipinski definition) is 6. The van der Waals surface area contributed by atoms with Crippen LogP contribution < -0.4 is 4.74 Å². The van der Waals surface area contributed by atoms with Crippen LogP contribution in [-0.2, 0) is 31.4 Å². The molecule has 1 heterocycles. The summed E-state index contributed by atoms with van der Waals surface area (Å²) in [5.41, 5.74) is 0.596. The van der Waals surface area contributed by atoms with Crippen molar-refractivity contribution in [3.05, 3.63) is 59.7 Å². The fourth-order valence-electron chi connectivity index (χ4n) is 4.15. The number of nitrogens with zero attached hydrogens (tertiary/aromatic N) is 2. The Labute approximate surface area is 194 Å². The molecule has 3 rings (SSSR count). The highest BCUT2D eigenvalue weighted by Crippen LogP contribution is 2.34. The highest BCUT2D eigenvalue weighted by Gasteiger charge is 2.54. The molecule has 0 bridgehead atoms. The smallest absolute Gasteiger partial charge is 0.323 e. The Bertz CT molecular complexity index is 1240. The van der Waals surface area contributed by atoms with Gasteiger partial charge in [0.25, 0.3) is 0 Å². The molecule has 11 heteroatoms. The van der Waals surface area contributed by atoms with Gasteiger partial charge in [-0.15, -0.1) is 0 Å². The van der Waals surface area contributed by atoms with Crippen LogP contribution in [0.5, 0.6) is 5.75 Å². The minimum absolute atomic E-state index is 0.0967. The zero-order valence-electron chi connectivity index (χ0n) is 18.9. The lowest BCUT2D eigenvalue weighted by Crippen LogP contribution is -2.69. The summed E-state index contributed by atoms with van der Waals surface area (Å²) in [6.07, 6.45) is 0.980. The molecule has 180 valence electrons. The number of carboxylic acids is 1. The molecule has 1 saturated heterocycles. The minimum Gasteiger partial charge on any atom is -0.489 e. The van der Waals surface area contributed by atoms with Crippen LogP contribution >= 0.6 is 0 Å². The molecule has 0 aromatic heterocycles. The highest BCUT2D eigenvalue weighted by molar-refractivity contribution is 7.89. The summed E-state index contributed by atoms with van der Waals surface area (Å²) in [5, 5.41) is 9.84. The first kappa shape index (κ1) is 25.2. The number of carboxylic acid groups (broad SMARTS) is 1. The van der Waals surface area contributed by atoms with Gasteiger partial charge in [0.15, 0.2) is 0 Å². The largest absolute Gasteiger partial charge is 0.489 e. The Morgan fingerprint density at radius 2 is 1.67 bits per heavy atom. The van der Waals surface area contributed by atoms with Crippen molar-refractivity contribution in [2.24, 2.45) is 0 Å². The number of rotatable bonds is 7. The molecule has 1 N–H and O–H groups in total. The van der Waals surface area contributed by atoms with Crippen LogP contribution in [0, 0.1) is 6.92 Å². The number of hydrogen-bond donors (Lipinski definition) is 1. The third-order valence-electron chi connectivity index (χ3n) is 5.84. The van der Waals surface area contributed by atoms with E-state index in [9.17, 15) is 26.7 Å². The fraction of sp³-hybridized carbons (Fsp3) is 0.409. The monoisotopic (exact) mass is 496 g/mol. The summed E-state index contributed by atoms with van der Waals surface area (Å²) in [4.78, 5) is 12.0. The lowest BCUT2D eigenvalue weighted by Gasteiger charge is -2.48. The number of aryl methyl sites for hydroxylation is 1. The van der Waals surface area contributed by atoms with E-state index >= 15 is 0 Å². The molecule has 2 aromatic rings. The maximum absolute atomic E-state index is 13.3. The second kappa shape index (κ2) is 9.05. The van der Waals surface area contributed by atoms with Crippen molar-refractivity contribution < 1.29 is 31.5 Å². The molecule has 9 nitrogen and oxygen atoms in total. The molecule has 0 radical (unpaired) electrons. The summed E-state index contributed by atoms with van der Waals surface area (Å²) >= 11 is 0. The Balaban J connectivity index is 1.85. The third-order valence-corrected chi connectivity index (χ3v) is 9.18. The first-order valence-electron chi connectivity index (χ1n) is 10.3. The van der Waals surface area contributed by atoms with Gasteiger partial charge in [0.2, 0.25) is 20.0 Å². The number of aliphatic carboxylic acids is 1. The van der Waals surface area contributed by atoms with Crippen molar-refractivity contribution >= 4 is 26.0 Å². The van der Waals surface area contributed by atoms with Gasteiger partial charge in [-0.1, -0.05) is 24.3 Å². The van der Waals surface area contributed by atoms with Gasteiger partial charge in [-0.3, -0.25) is 4.79 Å². The van der Waals surface area contributed by atoms with Crippen LogP contribution in [0.3, 0.4) is 0 Å². The topological polar surface area (TPSA) is 121 Å². The van der Waals surface area contributed by atoms with E-state index in [1.165, 1.54) is 38.1 Å². The quantitative estimate of drug-likeness (QED) is 0.623. The first-order valence-corrected chi connectivity index (χ1v) is 13.5. The van der Waals surface area contributed by atoms with Gasteiger partial charge >= 0.3 is 5.97 Å². The van der Waals surface area contributed by atoms with E-state index in [0.29, 0.717) is 12.4 Å². The molecule has 1 unspecified atom stereocenters. The SMILES string of the molecule is Cc1ccccc1COc1ccc(S(=O)(=O)N2CCN(S(C)(=O)=O)C(C)(C)C2C(=O)O)cc1. The van der Waals surface area contributed by atoms with Gasteiger partial charge in [-0.05, 0) is 56.2 Å². The molecule has 1 fully saturated rings. The van der Waals surface area contributed by atoms with E-state index in [-0.39, 0.29) is 18.0 Å². The van der Waals surface area contributed by atoms with Crippen molar-refractivity contribution in [3.63, 3.8) is 0 Å². The van der Waals surface area contributed by atoms with Crippen LogP contribution in [0.2, 0.25) is 0 Å². The standard InChI is InChI=1S/C22H28N2O7S2/c1-16-7-5-6-8-17(16)15-31-18-9-11-19(12-10-18)33(29,30)23-13-14-24(32(4,27)28)22(2,3)20(23)21(25)26/h5-12,20H,13-15H2,1-4H3,(H,25,26). The van der Waals surface area contributed by atoms with Crippen LogP contribution in [0.15, 0.2) is 53.4 Å². The number of piperazine rings is 1. The first-order chi connectivity index (χ1) is 15.3. The third kappa shape index (κ3) is 5.06. The summed E-state index contributed by atoms with van der Waals surface area (Å²) in [7, 11) is -7.95. The average Bonchev–Trinajstić information content (AvgIpc) is 2.71. The van der Waals surface area contributed by atoms with Gasteiger partial charge in [-0.25, -0.2) is 16.8 Å². The van der Waals surface area contributed by atoms with E-state index in [4.69, 9.17) is 4.74 Å². The van der Waals surface area contributed by atoms with E-state index in [2.05, 4.69) is 0 Å². The number of sulfonamides is 2. The van der Waals surface area contributed by atoms with Crippen molar-refractivity contribution in [2.45, 2.75) is 43.9 Å². The molecular weight excluding hydrogens is 468 g/mol. The molecule has 2 aromatic carbocycles. The van der Waals surface area contributed by atoms with Gasteiger partial charge in [0, 0.05) is 13.1 Å². The zero-order valence-corrected chi connectivity index (χ0v) is 20.6. The van der Waals surface area contributed by atoms with Crippen LogP contribution in [-0.4, -0.2) is 67.4 Å². The number of carbonyl (C=O) groups is 1. The number of ether oxygens (including phenoxy) is 1. The summed E-state index contributed by atoms with van der Waals surface area (Å²) in [6.45, 7) is 4.70. The highest BCUT2D eigenvalue weighted by atomic mass is 32.2. The van der Waals surface area contributed by atoms with Crippen LogP contribution in [0.4, 0.5) is 0 Å². The molecule has 0 amide bonds. The Hall–Kier alpha value is -2.47. The lowest BCUT2D eigenvalue weighted by molar-refractivity contribution is -0.147. The summed E-state index contributed by atoms with van der Waals surface area (Å²) in [5.74, 6) is -0.954. The zero-order chi connectivity index (χ0) is 24.6. The minimum atomic E-state index is -4.21. The van der Waals surface area contributed by atoms with Crippen molar-refractivity contribution in [1.29, 1.82) is 0 Å². The van der Waals surface area contributed by atoms with Crippen LogP contribution in [0.1, 0.15) is 25.0 Å². The molecule has 1 aliphatic heterocycles. The second-order valence-corrected chi connectivity index (χ2v) is 12.3. The van der Waals surface area contributed by atoms with Crippen LogP contribution in [0.25, 0.3) is 0 Å². The maximum atomic E-state index is 13.3. The normalized spacial score (nSPS) is 19.8. The average molecular weight is 497 g/mol. The van der Waals surface area contributed by atoms with Crippen molar-refractivity contribution in [1.82, 2.24) is 8.61 Å². The molecule has 0 saturated carbocycles.